The molecule has 3 nitrogen and oxygen atoms in total. The van der Waals surface area contributed by atoms with Crippen LogP contribution in [0.15, 0.2) is 40.8 Å². The summed E-state index contributed by atoms with van der Waals surface area (Å²) in [6.45, 7) is 3.06. The van der Waals surface area contributed by atoms with Gasteiger partial charge < -0.3 is 14.5 Å². The first-order valence-corrected chi connectivity index (χ1v) is 7.89. The summed E-state index contributed by atoms with van der Waals surface area (Å²) < 4.78 is 11.4. The van der Waals surface area contributed by atoms with Crippen molar-refractivity contribution in [3.05, 3.63) is 52.9 Å². The molecule has 1 atom stereocenters. The van der Waals surface area contributed by atoms with E-state index in [1.54, 1.807) is 6.07 Å². The standard InChI is InChI=1S/C17H20ClNO2/c1-2-11-19-17(15-9-10-16(18)21-15)12-3-5-13(6-4-12)20-14-7-8-14/h3-6,9-10,14,17,19H,2,7-8,11H2,1H3. The number of benzene rings is 1. The molecule has 2 aromatic rings. The third-order valence-corrected chi connectivity index (χ3v) is 3.72. The molecule has 112 valence electrons. The van der Waals surface area contributed by atoms with Crippen LogP contribution in [0.1, 0.15) is 43.6 Å². The molecule has 0 aliphatic heterocycles. The molecule has 21 heavy (non-hydrogen) atoms. The minimum Gasteiger partial charge on any atom is -0.490 e. The molecule has 1 aromatic carbocycles. The number of rotatable bonds is 7. The van der Waals surface area contributed by atoms with Gasteiger partial charge in [-0.1, -0.05) is 19.1 Å². The number of ether oxygens (including phenoxy) is 1. The van der Waals surface area contributed by atoms with Gasteiger partial charge in [0.2, 0.25) is 0 Å². The van der Waals surface area contributed by atoms with Crippen molar-refractivity contribution in [1.29, 1.82) is 0 Å². The second-order valence-corrected chi connectivity index (χ2v) is 5.79. The van der Waals surface area contributed by atoms with Gasteiger partial charge in [-0.15, -0.1) is 0 Å². The van der Waals surface area contributed by atoms with Crippen LogP contribution in [0.3, 0.4) is 0 Å². The Morgan fingerprint density at radius 3 is 2.57 bits per heavy atom. The normalized spacial score (nSPS) is 15.9. The molecule has 1 fully saturated rings. The van der Waals surface area contributed by atoms with Crippen LogP contribution < -0.4 is 10.1 Å². The minimum atomic E-state index is 0.0208. The molecule has 1 unspecified atom stereocenters. The maximum Gasteiger partial charge on any atom is 0.193 e. The molecular weight excluding hydrogens is 286 g/mol. The lowest BCUT2D eigenvalue weighted by Gasteiger charge is -2.17. The van der Waals surface area contributed by atoms with Crippen LogP contribution in [0.5, 0.6) is 5.75 Å². The monoisotopic (exact) mass is 305 g/mol. The second-order valence-electron chi connectivity index (χ2n) is 5.42. The Labute approximate surface area is 130 Å². The molecule has 0 spiro atoms. The summed E-state index contributed by atoms with van der Waals surface area (Å²) in [7, 11) is 0. The number of halogens is 1. The highest BCUT2D eigenvalue weighted by molar-refractivity contribution is 6.28. The van der Waals surface area contributed by atoms with Gasteiger partial charge in [0, 0.05) is 0 Å². The molecular formula is C17H20ClNO2. The van der Waals surface area contributed by atoms with E-state index in [0.717, 1.165) is 30.0 Å². The van der Waals surface area contributed by atoms with Crippen molar-refractivity contribution in [2.75, 3.05) is 6.54 Å². The van der Waals surface area contributed by atoms with E-state index < -0.39 is 0 Å². The number of nitrogens with one attached hydrogen (secondary N) is 1. The summed E-state index contributed by atoms with van der Waals surface area (Å²) in [6, 6.07) is 11.9. The highest BCUT2D eigenvalue weighted by Gasteiger charge is 2.23. The summed E-state index contributed by atoms with van der Waals surface area (Å²) in [5.74, 6) is 1.78. The van der Waals surface area contributed by atoms with E-state index in [1.807, 2.05) is 18.2 Å². The third-order valence-electron chi connectivity index (χ3n) is 3.52. The Hall–Kier alpha value is -1.45. The van der Waals surface area contributed by atoms with Crippen molar-refractivity contribution in [3.8, 4) is 5.75 Å². The van der Waals surface area contributed by atoms with E-state index >= 15 is 0 Å². The van der Waals surface area contributed by atoms with Crippen LogP contribution in [-0.4, -0.2) is 12.6 Å². The van der Waals surface area contributed by atoms with Crippen LogP contribution >= 0.6 is 11.6 Å². The third kappa shape index (κ3) is 3.80. The van der Waals surface area contributed by atoms with Gasteiger partial charge in [0.05, 0.1) is 12.1 Å². The molecule has 0 radical (unpaired) electrons. The Morgan fingerprint density at radius 2 is 2.00 bits per heavy atom. The van der Waals surface area contributed by atoms with Crippen molar-refractivity contribution in [1.82, 2.24) is 5.32 Å². The quantitative estimate of drug-likeness (QED) is 0.814. The molecule has 1 saturated carbocycles. The maximum atomic E-state index is 5.90. The molecule has 0 amide bonds. The average molecular weight is 306 g/mol. The molecule has 3 rings (SSSR count). The lowest BCUT2D eigenvalue weighted by molar-refractivity contribution is 0.303. The zero-order valence-electron chi connectivity index (χ0n) is 12.1. The molecule has 1 heterocycles. The Kier molecular flexibility index (Phi) is 4.51. The Bertz CT molecular complexity index is 575. The maximum absolute atomic E-state index is 5.90. The Morgan fingerprint density at radius 1 is 1.24 bits per heavy atom. The molecule has 1 aliphatic rings. The molecule has 1 aliphatic carbocycles. The van der Waals surface area contributed by atoms with Gasteiger partial charge in [0.1, 0.15) is 11.5 Å². The predicted molar refractivity (Wildman–Crippen MR) is 83.9 cm³/mol. The van der Waals surface area contributed by atoms with Gasteiger partial charge in [0.15, 0.2) is 5.22 Å². The first kappa shape index (κ1) is 14.5. The first-order valence-electron chi connectivity index (χ1n) is 7.51. The second kappa shape index (κ2) is 6.54. The van der Waals surface area contributed by atoms with E-state index in [1.165, 1.54) is 12.8 Å². The summed E-state index contributed by atoms with van der Waals surface area (Å²) in [4.78, 5) is 0. The molecule has 4 heteroatoms. The molecule has 0 bridgehead atoms. The van der Waals surface area contributed by atoms with Crippen LogP contribution in [0, 0.1) is 0 Å². The van der Waals surface area contributed by atoms with E-state index in [0.29, 0.717) is 11.3 Å². The summed E-state index contributed by atoms with van der Waals surface area (Å²) in [6.07, 6.45) is 3.84. The van der Waals surface area contributed by atoms with E-state index in [-0.39, 0.29) is 6.04 Å². The number of hydrogen-bond donors (Lipinski definition) is 1. The van der Waals surface area contributed by atoms with Gasteiger partial charge in [-0.3, -0.25) is 0 Å². The SMILES string of the molecule is CCCNC(c1ccc(OC2CC2)cc1)c1ccc(Cl)o1. The fourth-order valence-corrected chi connectivity index (χ4v) is 2.42. The van der Waals surface area contributed by atoms with Crippen LogP contribution in [0.4, 0.5) is 0 Å². The van der Waals surface area contributed by atoms with Gasteiger partial charge in [-0.2, -0.15) is 0 Å². The lowest BCUT2D eigenvalue weighted by Crippen LogP contribution is -2.22. The van der Waals surface area contributed by atoms with Crippen molar-refractivity contribution in [2.45, 2.75) is 38.3 Å². The zero-order valence-corrected chi connectivity index (χ0v) is 12.9. The van der Waals surface area contributed by atoms with Crippen molar-refractivity contribution >= 4 is 11.6 Å². The van der Waals surface area contributed by atoms with E-state index in [2.05, 4.69) is 24.4 Å². The smallest absolute Gasteiger partial charge is 0.193 e. The van der Waals surface area contributed by atoms with Gasteiger partial charge in [0.25, 0.3) is 0 Å². The highest BCUT2D eigenvalue weighted by Crippen LogP contribution is 2.30. The van der Waals surface area contributed by atoms with Gasteiger partial charge >= 0.3 is 0 Å². The van der Waals surface area contributed by atoms with Crippen molar-refractivity contribution in [2.24, 2.45) is 0 Å². The van der Waals surface area contributed by atoms with Crippen molar-refractivity contribution < 1.29 is 9.15 Å². The zero-order chi connectivity index (χ0) is 14.7. The fourth-order valence-electron chi connectivity index (χ4n) is 2.27. The van der Waals surface area contributed by atoms with Crippen LogP contribution in [-0.2, 0) is 0 Å². The van der Waals surface area contributed by atoms with E-state index in [9.17, 15) is 0 Å². The van der Waals surface area contributed by atoms with Gasteiger partial charge in [-0.25, -0.2) is 0 Å². The summed E-state index contributed by atoms with van der Waals surface area (Å²) in [5, 5.41) is 3.91. The topological polar surface area (TPSA) is 34.4 Å². The number of furan rings is 1. The largest absolute Gasteiger partial charge is 0.490 e. The highest BCUT2D eigenvalue weighted by atomic mass is 35.5. The molecule has 0 saturated heterocycles. The number of hydrogen-bond acceptors (Lipinski definition) is 3. The molecule has 1 aromatic heterocycles. The summed E-state index contributed by atoms with van der Waals surface area (Å²) >= 11 is 5.90. The van der Waals surface area contributed by atoms with Crippen molar-refractivity contribution in [3.63, 3.8) is 0 Å². The fraction of sp³-hybridized carbons (Fsp3) is 0.412. The molecule has 1 N–H and O–H groups in total. The first-order chi connectivity index (χ1) is 10.3. The van der Waals surface area contributed by atoms with Crippen LogP contribution in [0.2, 0.25) is 5.22 Å². The van der Waals surface area contributed by atoms with Gasteiger partial charge in [-0.05, 0) is 67.2 Å². The average Bonchev–Trinajstić information content (AvgIpc) is 3.21. The predicted octanol–water partition coefficient (Wildman–Crippen LogP) is 4.56. The minimum absolute atomic E-state index is 0.0208. The lowest BCUT2D eigenvalue weighted by atomic mass is 10.0. The van der Waals surface area contributed by atoms with Crippen LogP contribution in [0.25, 0.3) is 0 Å². The van der Waals surface area contributed by atoms with E-state index in [4.69, 9.17) is 20.8 Å². The summed E-state index contributed by atoms with van der Waals surface area (Å²) in [5.41, 5.74) is 1.15. The Balaban J connectivity index is 1.77.